The number of benzene rings is 1. The molecule has 0 aliphatic heterocycles. The summed E-state index contributed by atoms with van der Waals surface area (Å²) in [4.78, 5) is 12.3. The van der Waals surface area contributed by atoms with Crippen molar-refractivity contribution in [3.63, 3.8) is 0 Å². The summed E-state index contributed by atoms with van der Waals surface area (Å²) >= 11 is 0.771. The molecule has 0 fully saturated rings. The van der Waals surface area contributed by atoms with Crippen LogP contribution in [0, 0.1) is 17.2 Å². The number of carbonyl (C=O) groups excluding carboxylic acids is 1. The molecule has 0 unspecified atom stereocenters. The Bertz CT molecular complexity index is 1010. The minimum Gasteiger partial charge on any atom is -0.296 e. The molecule has 0 aliphatic carbocycles. The smallest absolute Gasteiger partial charge is 0.268 e. The first-order valence-corrected chi connectivity index (χ1v) is 11.2. The van der Waals surface area contributed by atoms with Crippen LogP contribution < -0.4 is 5.32 Å². The number of sulfone groups is 1. The average Bonchev–Trinajstić information content (AvgIpc) is 3.08. The number of hydrogen-bond donors (Lipinski definition) is 1. The standard InChI is InChI=1S/C19H22N4O3S2/c1-12(2)11-28(25,26)19-23-22-18(27-19)21-17(24)16(10-20)9-14-5-7-15(8-6-14)13(3)4/h5-9,12-13H,11H2,1-4H3,(H,21,22,24)/b16-9-. The number of hydrogen-bond acceptors (Lipinski definition) is 7. The molecule has 0 spiro atoms. The van der Waals surface area contributed by atoms with Crippen LogP contribution in [0.4, 0.5) is 5.13 Å². The minimum atomic E-state index is -3.55. The van der Waals surface area contributed by atoms with E-state index in [1.807, 2.05) is 30.3 Å². The monoisotopic (exact) mass is 418 g/mol. The second-order valence-electron chi connectivity index (χ2n) is 6.99. The molecule has 7 nitrogen and oxygen atoms in total. The van der Waals surface area contributed by atoms with Crippen LogP contribution in [0.25, 0.3) is 6.08 Å². The molecule has 0 bridgehead atoms. The van der Waals surface area contributed by atoms with Gasteiger partial charge in [-0.1, -0.05) is 63.3 Å². The number of aromatic nitrogens is 2. The van der Waals surface area contributed by atoms with E-state index in [1.165, 1.54) is 6.08 Å². The third-order valence-corrected chi connectivity index (χ3v) is 7.09. The Labute approximate surface area is 169 Å². The van der Waals surface area contributed by atoms with Crippen molar-refractivity contribution in [2.24, 2.45) is 5.92 Å². The summed E-state index contributed by atoms with van der Waals surface area (Å²) in [6.07, 6.45) is 1.47. The fourth-order valence-corrected chi connectivity index (χ4v) is 4.96. The van der Waals surface area contributed by atoms with Crippen LogP contribution in [0.15, 0.2) is 34.2 Å². The van der Waals surface area contributed by atoms with Gasteiger partial charge in [-0.05, 0) is 29.0 Å². The molecule has 148 valence electrons. The molecule has 28 heavy (non-hydrogen) atoms. The van der Waals surface area contributed by atoms with E-state index in [-0.39, 0.29) is 26.7 Å². The number of anilines is 1. The summed E-state index contributed by atoms with van der Waals surface area (Å²) in [5.41, 5.74) is 1.76. The molecule has 0 radical (unpaired) electrons. The van der Waals surface area contributed by atoms with Gasteiger partial charge in [0.05, 0.1) is 5.75 Å². The first-order valence-electron chi connectivity index (χ1n) is 8.71. The first kappa shape index (κ1) is 21.7. The predicted octanol–water partition coefficient (Wildman–Crippen LogP) is 3.64. The molecule has 9 heteroatoms. The van der Waals surface area contributed by atoms with Crippen LogP contribution in [-0.2, 0) is 14.6 Å². The molecule has 1 aromatic carbocycles. The second-order valence-corrected chi connectivity index (χ2v) is 10.2. The van der Waals surface area contributed by atoms with E-state index in [2.05, 4.69) is 29.4 Å². The van der Waals surface area contributed by atoms with Gasteiger partial charge >= 0.3 is 0 Å². The van der Waals surface area contributed by atoms with Crippen molar-refractivity contribution in [1.82, 2.24) is 10.2 Å². The van der Waals surface area contributed by atoms with E-state index >= 15 is 0 Å². The topological polar surface area (TPSA) is 113 Å². The predicted molar refractivity (Wildman–Crippen MR) is 110 cm³/mol. The number of nitrogens with one attached hydrogen (secondary N) is 1. The van der Waals surface area contributed by atoms with E-state index in [0.717, 1.165) is 16.9 Å². The zero-order chi connectivity index (χ0) is 20.9. The fourth-order valence-electron chi connectivity index (χ4n) is 2.35. The molecule has 1 aromatic heterocycles. The van der Waals surface area contributed by atoms with Gasteiger partial charge in [-0.25, -0.2) is 8.42 Å². The molecule has 0 saturated carbocycles. The zero-order valence-electron chi connectivity index (χ0n) is 16.1. The van der Waals surface area contributed by atoms with Gasteiger partial charge < -0.3 is 0 Å². The van der Waals surface area contributed by atoms with Gasteiger partial charge in [0, 0.05) is 0 Å². The number of carbonyl (C=O) groups is 1. The lowest BCUT2D eigenvalue weighted by atomic mass is 10.0. The van der Waals surface area contributed by atoms with E-state index in [9.17, 15) is 18.5 Å². The number of nitriles is 1. The maximum absolute atomic E-state index is 12.3. The Kier molecular flexibility index (Phi) is 7.05. The Morgan fingerprint density at radius 1 is 1.21 bits per heavy atom. The molecule has 0 atom stereocenters. The van der Waals surface area contributed by atoms with Crippen LogP contribution in [-0.4, -0.2) is 30.3 Å². The summed E-state index contributed by atoms with van der Waals surface area (Å²) in [7, 11) is -3.55. The summed E-state index contributed by atoms with van der Waals surface area (Å²) in [6.45, 7) is 7.74. The van der Waals surface area contributed by atoms with Gasteiger partial charge in [-0.2, -0.15) is 5.26 Å². The van der Waals surface area contributed by atoms with E-state index in [4.69, 9.17) is 0 Å². The van der Waals surface area contributed by atoms with Crippen molar-refractivity contribution in [2.45, 2.75) is 38.0 Å². The van der Waals surface area contributed by atoms with Crippen molar-refractivity contribution in [3.8, 4) is 6.07 Å². The molecule has 0 saturated heterocycles. The fraction of sp³-hybridized carbons (Fsp3) is 0.368. The van der Waals surface area contributed by atoms with Gasteiger partial charge in [0.2, 0.25) is 19.3 Å². The molecule has 1 N–H and O–H groups in total. The maximum atomic E-state index is 12.3. The molecular weight excluding hydrogens is 396 g/mol. The molecular formula is C19H22N4O3S2. The average molecular weight is 419 g/mol. The van der Waals surface area contributed by atoms with Gasteiger partial charge in [0.25, 0.3) is 5.91 Å². The highest BCUT2D eigenvalue weighted by molar-refractivity contribution is 7.93. The van der Waals surface area contributed by atoms with Crippen molar-refractivity contribution in [3.05, 3.63) is 41.0 Å². The molecule has 1 amide bonds. The Balaban J connectivity index is 2.16. The molecule has 1 heterocycles. The maximum Gasteiger partial charge on any atom is 0.268 e. The van der Waals surface area contributed by atoms with Gasteiger partial charge in [-0.15, -0.1) is 10.2 Å². The van der Waals surface area contributed by atoms with Gasteiger partial charge in [0.1, 0.15) is 11.6 Å². The largest absolute Gasteiger partial charge is 0.296 e. The van der Waals surface area contributed by atoms with Crippen molar-refractivity contribution >= 4 is 38.3 Å². The Morgan fingerprint density at radius 2 is 1.86 bits per heavy atom. The van der Waals surface area contributed by atoms with Crippen LogP contribution >= 0.6 is 11.3 Å². The van der Waals surface area contributed by atoms with E-state index < -0.39 is 15.7 Å². The third kappa shape index (κ3) is 5.71. The van der Waals surface area contributed by atoms with E-state index in [0.29, 0.717) is 11.5 Å². The van der Waals surface area contributed by atoms with Crippen LogP contribution in [0.2, 0.25) is 0 Å². The Hall–Kier alpha value is -2.57. The first-order chi connectivity index (χ1) is 13.1. The lowest BCUT2D eigenvalue weighted by Crippen LogP contribution is -2.13. The number of amides is 1. The summed E-state index contributed by atoms with van der Waals surface area (Å²) in [5, 5.41) is 19.1. The van der Waals surface area contributed by atoms with Crippen LogP contribution in [0.5, 0.6) is 0 Å². The van der Waals surface area contributed by atoms with Crippen molar-refractivity contribution < 1.29 is 13.2 Å². The lowest BCUT2D eigenvalue weighted by Gasteiger charge is -2.05. The Morgan fingerprint density at radius 3 is 2.39 bits per heavy atom. The summed E-state index contributed by atoms with van der Waals surface area (Å²) in [6, 6.07) is 9.42. The third-order valence-electron chi connectivity index (χ3n) is 3.72. The SMILES string of the molecule is CC(C)CS(=O)(=O)c1nnc(NC(=O)/C(C#N)=C\c2ccc(C(C)C)cc2)s1. The molecule has 2 aromatic rings. The van der Waals surface area contributed by atoms with Crippen molar-refractivity contribution in [1.29, 1.82) is 5.26 Å². The lowest BCUT2D eigenvalue weighted by molar-refractivity contribution is -0.112. The van der Waals surface area contributed by atoms with Gasteiger partial charge in [0.15, 0.2) is 0 Å². The summed E-state index contributed by atoms with van der Waals surface area (Å²) < 4.78 is 24.2. The van der Waals surface area contributed by atoms with Gasteiger partial charge in [-0.3, -0.25) is 10.1 Å². The molecule has 0 aliphatic rings. The quantitative estimate of drug-likeness (QED) is 0.417. The number of nitrogens with zero attached hydrogens (tertiary/aromatic N) is 3. The van der Waals surface area contributed by atoms with Crippen LogP contribution in [0.3, 0.4) is 0 Å². The zero-order valence-corrected chi connectivity index (χ0v) is 17.8. The highest BCUT2D eigenvalue weighted by Crippen LogP contribution is 2.23. The highest BCUT2D eigenvalue weighted by atomic mass is 32.2. The second kappa shape index (κ2) is 9.08. The summed E-state index contributed by atoms with van der Waals surface area (Å²) in [5.74, 6) is -0.387. The normalized spacial score (nSPS) is 12.2. The highest BCUT2D eigenvalue weighted by Gasteiger charge is 2.22. The molecule has 2 rings (SSSR count). The van der Waals surface area contributed by atoms with Crippen LogP contribution in [0.1, 0.15) is 44.7 Å². The van der Waals surface area contributed by atoms with Crippen molar-refractivity contribution in [2.75, 3.05) is 11.1 Å². The number of rotatable bonds is 7. The van der Waals surface area contributed by atoms with E-state index in [1.54, 1.807) is 13.8 Å². The minimum absolute atomic E-state index is 0.0311.